The van der Waals surface area contributed by atoms with Gasteiger partial charge in [0.25, 0.3) is 5.69 Å². The summed E-state index contributed by atoms with van der Waals surface area (Å²) in [5.74, 6) is 0.812. The van der Waals surface area contributed by atoms with Crippen molar-refractivity contribution in [2.75, 3.05) is 12.1 Å². The molecule has 0 saturated carbocycles. The van der Waals surface area contributed by atoms with Gasteiger partial charge in [-0.1, -0.05) is 18.2 Å². The molecule has 0 aliphatic carbocycles. The van der Waals surface area contributed by atoms with Crippen LogP contribution in [0.5, 0.6) is 5.75 Å². The maximum absolute atomic E-state index is 10.9. The Balaban J connectivity index is 1.48. The lowest BCUT2D eigenvalue weighted by Crippen LogP contribution is -2.18. The lowest BCUT2D eigenvalue weighted by Gasteiger charge is -2.21. The molecule has 0 radical (unpaired) electrons. The van der Waals surface area contributed by atoms with Gasteiger partial charge in [-0.05, 0) is 41.3 Å². The van der Waals surface area contributed by atoms with Gasteiger partial charge < -0.3 is 4.74 Å². The van der Waals surface area contributed by atoms with Crippen molar-refractivity contribution in [1.29, 1.82) is 0 Å². The van der Waals surface area contributed by atoms with E-state index < -0.39 is 4.92 Å². The molecule has 7 nitrogen and oxygen atoms in total. The Hall–Kier alpha value is -3.56. The van der Waals surface area contributed by atoms with Gasteiger partial charge >= 0.3 is 0 Å². The van der Waals surface area contributed by atoms with E-state index in [0.29, 0.717) is 0 Å². The number of anilines is 1. The molecule has 32 heavy (non-hydrogen) atoms. The molecule has 4 aromatic rings. The number of hydrazone groups is 1. The van der Waals surface area contributed by atoms with Crippen molar-refractivity contribution in [3.05, 3.63) is 92.0 Å². The summed E-state index contributed by atoms with van der Waals surface area (Å²) in [6.45, 7) is 0. The number of thiazole rings is 1. The summed E-state index contributed by atoms with van der Waals surface area (Å²) in [7, 11) is 1.66. The highest BCUT2D eigenvalue weighted by Crippen LogP contribution is 2.40. The number of thiophene rings is 1. The summed E-state index contributed by atoms with van der Waals surface area (Å²) in [5.41, 5.74) is 3.84. The van der Waals surface area contributed by atoms with Gasteiger partial charge in [0.05, 0.1) is 34.4 Å². The van der Waals surface area contributed by atoms with Crippen LogP contribution in [-0.2, 0) is 0 Å². The molecule has 9 heteroatoms. The molecule has 0 saturated heterocycles. The molecule has 160 valence electrons. The molecule has 2 aromatic heterocycles. The van der Waals surface area contributed by atoms with Gasteiger partial charge in [-0.3, -0.25) is 10.1 Å². The fourth-order valence-corrected chi connectivity index (χ4v) is 5.17. The molecule has 1 atom stereocenters. The number of ether oxygens (including phenoxy) is 1. The van der Waals surface area contributed by atoms with Gasteiger partial charge in [0.2, 0.25) is 5.13 Å². The van der Waals surface area contributed by atoms with Crippen LogP contribution in [0.1, 0.15) is 22.9 Å². The van der Waals surface area contributed by atoms with E-state index in [2.05, 4.69) is 23.6 Å². The zero-order chi connectivity index (χ0) is 22.1. The highest BCUT2D eigenvalue weighted by atomic mass is 32.1. The van der Waals surface area contributed by atoms with Crippen molar-refractivity contribution in [2.45, 2.75) is 12.5 Å². The smallest absolute Gasteiger partial charge is 0.269 e. The predicted molar refractivity (Wildman–Crippen MR) is 128 cm³/mol. The number of methoxy groups -OCH3 is 1. The Kier molecular flexibility index (Phi) is 5.42. The van der Waals surface area contributed by atoms with Gasteiger partial charge in [-0.25, -0.2) is 9.99 Å². The number of nitro benzene ring substituents is 1. The van der Waals surface area contributed by atoms with Crippen molar-refractivity contribution in [1.82, 2.24) is 4.98 Å². The van der Waals surface area contributed by atoms with Crippen LogP contribution in [0, 0.1) is 10.1 Å². The molecule has 3 heterocycles. The predicted octanol–water partition coefficient (Wildman–Crippen LogP) is 6.14. The number of hydrogen-bond acceptors (Lipinski definition) is 8. The van der Waals surface area contributed by atoms with E-state index in [1.54, 1.807) is 30.6 Å². The zero-order valence-corrected chi connectivity index (χ0v) is 18.7. The number of nitro groups is 1. The maximum Gasteiger partial charge on any atom is 0.269 e. The molecule has 0 amide bonds. The lowest BCUT2D eigenvalue weighted by molar-refractivity contribution is -0.384. The van der Waals surface area contributed by atoms with E-state index >= 15 is 0 Å². The van der Waals surface area contributed by atoms with Crippen LogP contribution in [0.3, 0.4) is 0 Å². The third-order valence-electron chi connectivity index (χ3n) is 5.28. The van der Waals surface area contributed by atoms with Crippen molar-refractivity contribution in [2.24, 2.45) is 5.10 Å². The Labute approximate surface area is 192 Å². The standard InChI is InChI=1S/C23H18N4O3S2/c1-30-18-10-6-16(7-11-18)21-13-19(22-3-2-12-31-22)25-26(21)23-24-20(14-32-23)15-4-8-17(9-5-15)27(28)29/h2-12,14,21H,13H2,1H3/t21-/m1/s1. The molecular formula is C23H18N4O3S2. The third-order valence-corrected chi connectivity index (χ3v) is 7.03. The van der Waals surface area contributed by atoms with Gasteiger partial charge in [-0.15, -0.1) is 22.7 Å². The first kappa shape index (κ1) is 20.3. The van der Waals surface area contributed by atoms with E-state index in [0.717, 1.165) is 44.7 Å². The quantitative estimate of drug-likeness (QED) is 0.254. The summed E-state index contributed by atoms with van der Waals surface area (Å²) in [4.78, 5) is 16.5. The average molecular weight is 463 g/mol. The van der Waals surface area contributed by atoms with Crippen LogP contribution in [0.15, 0.2) is 76.5 Å². The second kappa shape index (κ2) is 8.52. The monoisotopic (exact) mass is 462 g/mol. The maximum atomic E-state index is 10.9. The topological polar surface area (TPSA) is 80.9 Å². The Morgan fingerprint density at radius 2 is 1.88 bits per heavy atom. The first-order valence-corrected chi connectivity index (χ1v) is 11.6. The second-order valence-corrected chi connectivity index (χ2v) is 8.97. The van der Waals surface area contributed by atoms with Crippen LogP contribution < -0.4 is 9.75 Å². The molecular weight excluding hydrogens is 444 g/mol. The van der Waals surface area contributed by atoms with E-state index in [1.165, 1.54) is 23.5 Å². The fourth-order valence-electron chi connectivity index (χ4n) is 3.62. The summed E-state index contributed by atoms with van der Waals surface area (Å²) >= 11 is 3.19. The van der Waals surface area contributed by atoms with Crippen LogP contribution in [0.2, 0.25) is 0 Å². The normalized spacial score (nSPS) is 15.6. The van der Waals surface area contributed by atoms with Gasteiger partial charge in [-0.2, -0.15) is 5.10 Å². The number of aromatic nitrogens is 1. The number of non-ortho nitro benzene ring substituents is 1. The molecule has 5 rings (SSSR count). The van der Waals surface area contributed by atoms with E-state index in [1.807, 2.05) is 28.6 Å². The number of rotatable bonds is 6. The first-order chi connectivity index (χ1) is 15.6. The molecule has 0 unspecified atom stereocenters. The highest BCUT2D eigenvalue weighted by molar-refractivity contribution is 7.14. The van der Waals surface area contributed by atoms with Crippen molar-refractivity contribution in [3.63, 3.8) is 0 Å². The molecule has 0 spiro atoms. The SMILES string of the molecule is COc1ccc([C@H]2CC(c3cccs3)=NN2c2nc(-c3ccc([N+](=O)[O-])cc3)cs2)cc1. The van der Waals surface area contributed by atoms with Gasteiger partial charge in [0, 0.05) is 29.5 Å². The van der Waals surface area contributed by atoms with E-state index in [-0.39, 0.29) is 11.7 Å². The lowest BCUT2D eigenvalue weighted by atomic mass is 10.0. The third kappa shape index (κ3) is 3.88. The molecule has 1 aliphatic heterocycles. The second-order valence-electron chi connectivity index (χ2n) is 7.18. The summed E-state index contributed by atoms with van der Waals surface area (Å²) < 4.78 is 5.31. The Bertz CT molecular complexity index is 1270. The summed E-state index contributed by atoms with van der Waals surface area (Å²) in [6.07, 6.45) is 0.777. The molecule has 2 aromatic carbocycles. The van der Waals surface area contributed by atoms with Crippen molar-refractivity contribution in [3.8, 4) is 17.0 Å². The first-order valence-electron chi connectivity index (χ1n) is 9.87. The number of benzene rings is 2. The number of hydrogen-bond donors (Lipinski definition) is 0. The van der Waals surface area contributed by atoms with E-state index in [4.69, 9.17) is 14.8 Å². The Morgan fingerprint density at radius 3 is 2.53 bits per heavy atom. The minimum absolute atomic E-state index is 0.0221. The summed E-state index contributed by atoms with van der Waals surface area (Å²) in [6, 6.07) is 18.6. The highest BCUT2D eigenvalue weighted by Gasteiger charge is 2.32. The van der Waals surface area contributed by atoms with Crippen LogP contribution in [-0.4, -0.2) is 22.7 Å². The minimum atomic E-state index is -0.402. The number of nitrogens with zero attached hydrogens (tertiary/aromatic N) is 4. The van der Waals surface area contributed by atoms with Crippen LogP contribution >= 0.6 is 22.7 Å². The van der Waals surface area contributed by atoms with Gasteiger partial charge in [0.1, 0.15) is 5.75 Å². The fraction of sp³-hybridized carbons (Fsp3) is 0.130. The summed E-state index contributed by atoms with van der Waals surface area (Å²) in [5, 5.41) is 22.6. The molecule has 0 N–H and O–H groups in total. The molecule has 0 fully saturated rings. The Morgan fingerprint density at radius 1 is 1.09 bits per heavy atom. The largest absolute Gasteiger partial charge is 0.497 e. The van der Waals surface area contributed by atoms with Crippen molar-refractivity contribution < 1.29 is 9.66 Å². The average Bonchev–Trinajstić information content (AvgIpc) is 3.59. The minimum Gasteiger partial charge on any atom is -0.497 e. The van der Waals surface area contributed by atoms with Crippen molar-refractivity contribution >= 4 is 39.2 Å². The van der Waals surface area contributed by atoms with Crippen LogP contribution in [0.25, 0.3) is 11.3 Å². The van der Waals surface area contributed by atoms with E-state index in [9.17, 15) is 10.1 Å². The van der Waals surface area contributed by atoms with Crippen LogP contribution in [0.4, 0.5) is 10.8 Å². The molecule has 1 aliphatic rings. The van der Waals surface area contributed by atoms with Gasteiger partial charge in [0.15, 0.2) is 0 Å². The zero-order valence-electron chi connectivity index (χ0n) is 17.0. The molecule has 0 bridgehead atoms.